The predicted molar refractivity (Wildman–Crippen MR) is 180 cm³/mol. The van der Waals surface area contributed by atoms with E-state index in [1.807, 2.05) is 48.5 Å². The topological polar surface area (TPSA) is 130 Å². The highest BCUT2D eigenvalue weighted by molar-refractivity contribution is 7.89. The minimum absolute atomic E-state index is 0.0465. The first-order valence-electron chi connectivity index (χ1n) is 16.6. The summed E-state index contributed by atoms with van der Waals surface area (Å²) in [4.78, 5) is 30.7. The minimum atomic E-state index is -3.71. The Morgan fingerprint density at radius 3 is 2.51 bits per heavy atom. The maximum atomic E-state index is 14.6. The van der Waals surface area contributed by atoms with Gasteiger partial charge in [0.25, 0.3) is 0 Å². The first-order valence-corrected chi connectivity index (χ1v) is 18.1. The van der Waals surface area contributed by atoms with Crippen LogP contribution in [-0.2, 0) is 26.2 Å². The number of para-hydroxylation sites is 2. The summed E-state index contributed by atoms with van der Waals surface area (Å²) in [5.74, 6) is -0.628. The summed E-state index contributed by atoms with van der Waals surface area (Å²) in [6.45, 7) is 3.36. The van der Waals surface area contributed by atoms with Crippen molar-refractivity contribution in [3.8, 4) is 0 Å². The van der Waals surface area contributed by atoms with Gasteiger partial charge >= 0.3 is 0 Å². The van der Waals surface area contributed by atoms with Gasteiger partial charge in [-0.1, -0.05) is 55.3 Å². The van der Waals surface area contributed by atoms with Crippen molar-refractivity contribution in [3.63, 3.8) is 0 Å². The number of nitrogens with zero attached hydrogens (tertiary/aromatic N) is 5. The SMILES string of the molecule is C[C@H]1CCCN(S(=O)(=O)c2ccc(N(C(=O)Cn3nnc4ccccc43)[C@H](C(=O)NC3CCCC3)[C@@H]3CNc4ccccc43)cc2)C1. The van der Waals surface area contributed by atoms with E-state index < -0.39 is 16.1 Å². The van der Waals surface area contributed by atoms with Gasteiger partial charge in [0.1, 0.15) is 18.1 Å². The number of amides is 2. The third-order valence-electron chi connectivity index (χ3n) is 9.85. The Labute approximate surface area is 275 Å². The quantitative estimate of drug-likeness (QED) is 0.271. The third-order valence-corrected chi connectivity index (χ3v) is 11.7. The van der Waals surface area contributed by atoms with E-state index in [1.165, 1.54) is 0 Å². The van der Waals surface area contributed by atoms with Crippen LogP contribution in [-0.4, -0.2) is 71.2 Å². The summed E-state index contributed by atoms with van der Waals surface area (Å²) in [5, 5.41) is 15.2. The Morgan fingerprint density at radius 2 is 1.72 bits per heavy atom. The van der Waals surface area contributed by atoms with Crippen LogP contribution in [0.25, 0.3) is 11.0 Å². The lowest BCUT2D eigenvalue weighted by atomic mass is 9.90. The first kappa shape index (κ1) is 31.3. The van der Waals surface area contributed by atoms with Gasteiger partial charge in [-0.05, 0) is 79.6 Å². The van der Waals surface area contributed by atoms with Gasteiger partial charge in [0, 0.05) is 43.0 Å². The highest BCUT2D eigenvalue weighted by Gasteiger charge is 2.42. The lowest BCUT2D eigenvalue weighted by Gasteiger charge is -2.36. The average Bonchev–Trinajstić information content (AvgIpc) is 3.85. The van der Waals surface area contributed by atoms with E-state index in [0.29, 0.717) is 42.3 Å². The number of carbonyl (C=O) groups is 2. The molecule has 246 valence electrons. The average molecular weight is 656 g/mol. The van der Waals surface area contributed by atoms with E-state index in [4.69, 9.17) is 0 Å². The van der Waals surface area contributed by atoms with Gasteiger partial charge in [0.15, 0.2) is 0 Å². The predicted octanol–water partition coefficient (Wildman–Crippen LogP) is 4.52. The molecule has 0 radical (unpaired) electrons. The molecule has 2 N–H and O–H groups in total. The van der Waals surface area contributed by atoms with E-state index in [1.54, 1.807) is 38.2 Å². The molecule has 11 nitrogen and oxygen atoms in total. The molecule has 1 aromatic heterocycles. The summed E-state index contributed by atoms with van der Waals surface area (Å²) in [5.41, 5.74) is 3.71. The number of piperidine rings is 1. The van der Waals surface area contributed by atoms with Crippen LogP contribution in [0.1, 0.15) is 56.9 Å². The smallest absolute Gasteiger partial charge is 0.249 e. The van der Waals surface area contributed by atoms with Gasteiger partial charge in [-0.15, -0.1) is 5.10 Å². The first-order chi connectivity index (χ1) is 22.8. The molecule has 3 atom stereocenters. The minimum Gasteiger partial charge on any atom is -0.384 e. The van der Waals surface area contributed by atoms with Crippen LogP contribution in [0.3, 0.4) is 0 Å². The second kappa shape index (κ2) is 13.1. The summed E-state index contributed by atoms with van der Waals surface area (Å²) < 4.78 is 30.3. The molecular weight excluding hydrogens is 614 g/mol. The van der Waals surface area contributed by atoms with Crippen molar-refractivity contribution >= 4 is 44.2 Å². The van der Waals surface area contributed by atoms with Crippen LogP contribution in [0, 0.1) is 5.92 Å². The lowest BCUT2D eigenvalue weighted by molar-refractivity contribution is -0.127. The molecule has 4 aromatic rings. The van der Waals surface area contributed by atoms with E-state index in [-0.39, 0.29) is 35.2 Å². The van der Waals surface area contributed by atoms with Crippen LogP contribution >= 0.6 is 0 Å². The van der Waals surface area contributed by atoms with E-state index in [9.17, 15) is 18.0 Å². The number of rotatable bonds is 9. The second-order valence-electron chi connectivity index (χ2n) is 13.1. The zero-order valence-electron chi connectivity index (χ0n) is 26.6. The van der Waals surface area contributed by atoms with Gasteiger partial charge in [-0.2, -0.15) is 4.31 Å². The van der Waals surface area contributed by atoms with E-state index >= 15 is 0 Å². The Morgan fingerprint density at radius 1 is 0.979 bits per heavy atom. The van der Waals surface area contributed by atoms with Gasteiger partial charge in [0.05, 0.1) is 10.4 Å². The number of aromatic nitrogens is 3. The Kier molecular flexibility index (Phi) is 8.71. The lowest BCUT2D eigenvalue weighted by Crippen LogP contribution is -2.55. The fourth-order valence-corrected chi connectivity index (χ4v) is 9.02. The molecule has 1 saturated carbocycles. The van der Waals surface area contributed by atoms with E-state index in [0.717, 1.165) is 49.8 Å². The fourth-order valence-electron chi connectivity index (χ4n) is 7.42. The van der Waals surface area contributed by atoms with Crippen LogP contribution in [0.4, 0.5) is 11.4 Å². The molecular formula is C35H41N7O4S. The molecule has 3 aromatic carbocycles. The Hall–Kier alpha value is -4.29. The summed E-state index contributed by atoms with van der Waals surface area (Å²) in [7, 11) is -3.71. The molecule has 2 fully saturated rings. The number of hydrogen-bond acceptors (Lipinski definition) is 7. The molecule has 3 heterocycles. The molecule has 2 amide bonds. The molecule has 12 heteroatoms. The zero-order valence-corrected chi connectivity index (χ0v) is 27.4. The van der Waals surface area contributed by atoms with Crippen molar-refractivity contribution in [2.75, 3.05) is 29.9 Å². The summed E-state index contributed by atoms with van der Waals surface area (Å²) in [6, 6.07) is 20.9. The van der Waals surface area contributed by atoms with Crippen molar-refractivity contribution in [1.29, 1.82) is 0 Å². The van der Waals surface area contributed by atoms with Crippen LogP contribution in [0.5, 0.6) is 0 Å². The van der Waals surface area contributed by atoms with Crippen molar-refractivity contribution < 1.29 is 18.0 Å². The molecule has 47 heavy (non-hydrogen) atoms. The maximum absolute atomic E-state index is 14.6. The molecule has 1 aliphatic carbocycles. The molecule has 2 aliphatic heterocycles. The largest absolute Gasteiger partial charge is 0.384 e. The highest BCUT2D eigenvalue weighted by Crippen LogP contribution is 2.38. The van der Waals surface area contributed by atoms with E-state index in [2.05, 4.69) is 27.9 Å². The standard InChI is InChI=1S/C35H41N7O4S/c1-24-9-8-20-40(22-24)47(45,46)27-18-16-26(17-19-27)42(33(43)23-41-32-15-7-6-14-31(32)38-39-41)34(35(44)37-25-10-2-3-11-25)29-21-36-30-13-5-4-12-28(29)30/h4-7,12-19,24-25,29,34,36H,2-3,8-11,20-23H2,1H3,(H,37,44)/t24-,29+,34-/m0/s1. The number of carbonyl (C=O) groups excluding carboxylic acids is 2. The van der Waals surface area contributed by atoms with Gasteiger partial charge in [0.2, 0.25) is 21.8 Å². The summed E-state index contributed by atoms with van der Waals surface area (Å²) in [6.07, 6.45) is 5.74. The molecule has 0 unspecified atom stereocenters. The molecule has 1 saturated heterocycles. The van der Waals surface area contributed by atoms with Crippen molar-refractivity contribution in [2.45, 2.75) is 74.9 Å². The maximum Gasteiger partial charge on any atom is 0.249 e. The monoisotopic (exact) mass is 655 g/mol. The number of nitrogens with one attached hydrogen (secondary N) is 2. The van der Waals surface area contributed by atoms with Crippen LogP contribution in [0.15, 0.2) is 77.7 Å². The number of benzene rings is 3. The molecule has 7 rings (SSSR count). The number of fused-ring (bicyclic) bond motifs is 2. The molecule has 3 aliphatic rings. The summed E-state index contributed by atoms with van der Waals surface area (Å²) >= 11 is 0. The van der Waals surface area contributed by atoms with Gasteiger partial charge in [-0.3, -0.25) is 14.5 Å². The number of hydrogen-bond donors (Lipinski definition) is 2. The Balaban J connectivity index is 1.29. The number of sulfonamides is 1. The van der Waals surface area contributed by atoms with Crippen molar-refractivity contribution in [1.82, 2.24) is 24.6 Å². The van der Waals surface area contributed by atoms with Gasteiger partial charge in [-0.25, -0.2) is 13.1 Å². The molecule has 0 spiro atoms. The normalized spacial score (nSPS) is 20.9. The highest BCUT2D eigenvalue weighted by atomic mass is 32.2. The molecule has 0 bridgehead atoms. The number of anilines is 2. The van der Waals surface area contributed by atoms with Crippen LogP contribution < -0.4 is 15.5 Å². The zero-order chi connectivity index (χ0) is 32.5. The van der Waals surface area contributed by atoms with Gasteiger partial charge < -0.3 is 10.6 Å². The van der Waals surface area contributed by atoms with Crippen molar-refractivity contribution in [3.05, 3.63) is 78.4 Å². The van der Waals surface area contributed by atoms with Crippen molar-refractivity contribution in [2.24, 2.45) is 5.92 Å². The second-order valence-corrected chi connectivity index (χ2v) is 15.1. The third kappa shape index (κ3) is 6.23. The fraction of sp³-hybridized carbons (Fsp3) is 0.429. The van der Waals surface area contributed by atoms with Crippen LogP contribution in [0.2, 0.25) is 0 Å². The Bertz CT molecular complexity index is 1870.